The normalized spacial score (nSPS) is 18.6. The van der Waals surface area contributed by atoms with E-state index in [9.17, 15) is 4.79 Å². The fourth-order valence-corrected chi connectivity index (χ4v) is 2.24. The van der Waals surface area contributed by atoms with Crippen molar-refractivity contribution in [2.75, 3.05) is 19.7 Å². The van der Waals surface area contributed by atoms with Crippen LogP contribution in [0, 0.1) is 0 Å². The minimum atomic E-state index is 0.147. The Balaban J connectivity index is 1.64. The van der Waals surface area contributed by atoms with Gasteiger partial charge >= 0.3 is 0 Å². The number of hydrogen-bond donors (Lipinski definition) is 1. The summed E-state index contributed by atoms with van der Waals surface area (Å²) in [5.74, 6) is 0.952. The Kier molecular flexibility index (Phi) is 5.05. The van der Waals surface area contributed by atoms with Crippen LogP contribution in [0.4, 0.5) is 0 Å². The second-order valence-electron chi connectivity index (χ2n) is 4.79. The molecule has 1 heterocycles. The lowest BCUT2D eigenvalue weighted by Crippen LogP contribution is -2.31. The van der Waals surface area contributed by atoms with Crippen molar-refractivity contribution in [1.82, 2.24) is 4.90 Å². The van der Waals surface area contributed by atoms with Crippen molar-refractivity contribution in [2.24, 2.45) is 5.73 Å². The van der Waals surface area contributed by atoms with E-state index >= 15 is 0 Å². The van der Waals surface area contributed by atoms with Crippen molar-refractivity contribution in [3.05, 3.63) is 29.3 Å². The molecule has 5 heteroatoms. The molecular formula is C14H19ClN2O2. The van der Waals surface area contributed by atoms with Crippen LogP contribution in [0.15, 0.2) is 24.3 Å². The molecule has 0 unspecified atom stereocenters. The number of ether oxygens (including phenoxy) is 1. The molecule has 1 aliphatic rings. The van der Waals surface area contributed by atoms with Gasteiger partial charge in [0.05, 0.1) is 6.61 Å². The van der Waals surface area contributed by atoms with Crippen LogP contribution in [0.2, 0.25) is 5.02 Å². The highest BCUT2D eigenvalue weighted by Gasteiger charge is 2.22. The number of hydrogen-bond acceptors (Lipinski definition) is 3. The topological polar surface area (TPSA) is 55.6 Å². The number of nitrogens with two attached hydrogens (primary N) is 1. The van der Waals surface area contributed by atoms with Crippen molar-refractivity contribution in [3.63, 3.8) is 0 Å². The Hall–Kier alpha value is -1.26. The molecule has 0 aromatic heterocycles. The van der Waals surface area contributed by atoms with Crippen LogP contribution in [0.25, 0.3) is 0 Å². The molecule has 2 rings (SSSR count). The summed E-state index contributed by atoms with van der Waals surface area (Å²) in [6.07, 6.45) is 2.14. The zero-order valence-corrected chi connectivity index (χ0v) is 11.6. The van der Waals surface area contributed by atoms with E-state index in [1.165, 1.54) is 0 Å². The first-order chi connectivity index (χ1) is 9.15. The largest absolute Gasteiger partial charge is 0.494 e. The zero-order valence-electron chi connectivity index (χ0n) is 10.8. The fourth-order valence-electron chi connectivity index (χ4n) is 2.12. The van der Waals surface area contributed by atoms with Gasteiger partial charge in [-0.3, -0.25) is 4.79 Å². The molecule has 0 saturated carbocycles. The third-order valence-corrected chi connectivity index (χ3v) is 3.45. The Bertz CT molecular complexity index is 422. The fraction of sp³-hybridized carbons (Fsp3) is 0.500. The molecule has 1 saturated heterocycles. The molecule has 1 aromatic carbocycles. The van der Waals surface area contributed by atoms with Gasteiger partial charge < -0.3 is 15.4 Å². The van der Waals surface area contributed by atoms with E-state index in [2.05, 4.69) is 0 Å². The van der Waals surface area contributed by atoms with Gasteiger partial charge in [-0.1, -0.05) is 11.6 Å². The van der Waals surface area contributed by atoms with Crippen LogP contribution in [0.3, 0.4) is 0 Å². The van der Waals surface area contributed by atoms with Gasteiger partial charge in [0.1, 0.15) is 5.75 Å². The predicted molar refractivity (Wildman–Crippen MR) is 75.4 cm³/mol. The van der Waals surface area contributed by atoms with Gasteiger partial charge in [-0.25, -0.2) is 0 Å². The smallest absolute Gasteiger partial charge is 0.222 e. The van der Waals surface area contributed by atoms with E-state index in [1.54, 1.807) is 12.1 Å². The Morgan fingerprint density at radius 3 is 2.79 bits per heavy atom. The van der Waals surface area contributed by atoms with Gasteiger partial charge in [0, 0.05) is 30.6 Å². The third kappa shape index (κ3) is 4.40. The summed E-state index contributed by atoms with van der Waals surface area (Å²) >= 11 is 5.78. The van der Waals surface area contributed by atoms with Crippen molar-refractivity contribution >= 4 is 17.5 Å². The van der Waals surface area contributed by atoms with E-state index in [4.69, 9.17) is 22.1 Å². The molecular weight excluding hydrogens is 264 g/mol. The SMILES string of the molecule is N[C@@H]1CCN(C(=O)CCCOc2ccc(Cl)cc2)C1. The number of likely N-dealkylation sites (tertiary alicyclic amines) is 1. The summed E-state index contributed by atoms with van der Waals surface area (Å²) in [6, 6.07) is 7.36. The average Bonchev–Trinajstić information content (AvgIpc) is 2.83. The van der Waals surface area contributed by atoms with Gasteiger partial charge in [0.15, 0.2) is 0 Å². The molecule has 1 aliphatic heterocycles. The van der Waals surface area contributed by atoms with E-state index in [-0.39, 0.29) is 11.9 Å². The number of rotatable bonds is 5. The number of halogens is 1. The van der Waals surface area contributed by atoms with Crippen molar-refractivity contribution in [3.8, 4) is 5.75 Å². The van der Waals surface area contributed by atoms with Crippen LogP contribution in [0.5, 0.6) is 5.75 Å². The molecule has 0 aliphatic carbocycles. The molecule has 2 N–H and O–H groups in total. The summed E-state index contributed by atoms with van der Waals surface area (Å²) in [5, 5.41) is 0.688. The quantitative estimate of drug-likeness (QED) is 0.841. The van der Waals surface area contributed by atoms with Crippen LogP contribution < -0.4 is 10.5 Å². The first-order valence-electron chi connectivity index (χ1n) is 6.57. The van der Waals surface area contributed by atoms with E-state index in [0.29, 0.717) is 31.0 Å². The van der Waals surface area contributed by atoms with Gasteiger partial charge in [-0.2, -0.15) is 0 Å². The van der Waals surface area contributed by atoms with Crippen molar-refractivity contribution in [2.45, 2.75) is 25.3 Å². The molecule has 104 valence electrons. The van der Waals surface area contributed by atoms with Crippen LogP contribution in [-0.4, -0.2) is 36.5 Å². The second-order valence-corrected chi connectivity index (χ2v) is 5.23. The van der Waals surface area contributed by atoms with E-state index in [0.717, 1.165) is 18.7 Å². The van der Waals surface area contributed by atoms with Crippen molar-refractivity contribution in [1.29, 1.82) is 0 Å². The monoisotopic (exact) mass is 282 g/mol. The van der Waals surface area contributed by atoms with Crippen LogP contribution in [-0.2, 0) is 4.79 Å². The summed E-state index contributed by atoms with van der Waals surface area (Å²) in [5.41, 5.74) is 5.78. The second kappa shape index (κ2) is 6.78. The Morgan fingerprint density at radius 1 is 1.42 bits per heavy atom. The van der Waals surface area contributed by atoms with Gasteiger partial charge in [0.25, 0.3) is 0 Å². The maximum absolute atomic E-state index is 11.8. The maximum Gasteiger partial charge on any atom is 0.222 e. The highest BCUT2D eigenvalue weighted by molar-refractivity contribution is 6.30. The first-order valence-corrected chi connectivity index (χ1v) is 6.94. The molecule has 0 spiro atoms. The summed E-state index contributed by atoms with van der Waals surface area (Å²) in [6.45, 7) is 2.02. The van der Waals surface area contributed by atoms with Crippen LogP contribution in [0.1, 0.15) is 19.3 Å². The zero-order chi connectivity index (χ0) is 13.7. The number of carbonyl (C=O) groups excluding carboxylic acids is 1. The van der Waals surface area contributed by atoms with Crippen LogP contribution >= 0.6 is 11.6 Å². The van der Waals surface area contributed by atoms with Gasteiger partial charge in [-0.05, 0) is 37.1 Å². The number of benzene rings is 1. The highest BCUT2D eigenvalue weighted by atomic mass is 35.5. The molecule has 19 heavy (non-hydrogen) atoms. The maximum atomic E-state index is 11.8. The van der Waals surface area contributed by atoms with E-state index in [1.807, 2.05) is 17.0 Å². The molecule has 0 bridgehead atoms. The summed E-state index contributed by atoms with van der Waals surface area (Å²) in [4.78, 5) is 13.7. The summed E-state index contributed by atoms with van der Waals surface area (Å²) in [7, 11) is 0. The molecule has 0 radical (unpaired) electrons. The number of carbonyl (C=O) groups is 1. The minimum Gasteiger partial charge on any atom is -0.494 e. The minimum absolute atomic E-state index is 0.147. The molecule has 1 fully saturated rings. The lowest BCUT2D eigenvalue weighted by molar-refractivity contribution is -0.130. The summed E-state index contributed by atoms with van der Waals surface area (Å²) < 4.78 is 5.54. The van der Waals surface area contributed by atoms with Gasteiger partial charge in [0.2, 0.25) is 5.91 Å². The van der Waals surface area contributed by atoms with E-state index < -0.39 is 0 Å². The molecule has 4 nitrogen and oxygen atoms in total. The number of amides is 1. The molecule has 1 aromatic rings. The van der Waals surface area contributed by atoms with Crippen molar-refractivity contribution < 1.29 is 9.53 Å². The standard InChI is InChI=1S/C14H19ClN2O2/c15-11-3-5-13(6-4-11)19-9-1-2-14(18)17-8-7-12(16)10-17/h3-6,12H,1-2,7-10,16H2/t12-/m1/s1. The first kappa shape index (κ1) is 14.2. The lowest BCUT2D eigenvalue weighted by Gasteiger charge is -2.15. The number of nitrogens with zero attached hydrogens (tertiary/aromatic N) is 1. The predicted octanol–water partition coefficient (Wildman–Crippen LogP) is 2.06. The Morgan fingerprint density at radius 2 is 2.16 bits per heavy atom. The average molecular weight is 283 g/mol. The third-order valence-electron chi connectivity index (χ3n) is 3.19. The molecule has 1 amide bonds. The highest BCUT2D eigenvalue weighted by Crippen LogP contribution is 2.16. The van der Waals surface area contributed by atoms with Gasteiger partial charge in [-0.15, -0.1) is 0 Å². The molecule has 1 atom stereocenters. The lowest BCUT2D eigenvalue weighted by atomic mass is 10.3. The Labute approximate surface area is 118 Å².